The van der Waals surface area contributed by atoms with Gasteiger partial charge in [0, 0.05) is 0 Å². The van der Waals surface area contributed by atoms with Crippen molar-refractivity contribution in [1.82, 2.24) is 0 Å². The molecule has 2 saturated carbocycles. The molecular formula is C15H24O5S. The third-order valence-corrected chi connectivity index (χ3v) is 7.23. The van der Waals surface area contributed by atoms with Gasteiger partial charge in [-0.1, -0.05) is 12.8 Å². The maximum Gasteiger partial charge on any atom is 0.303 e. The van der Waals surface area contributed by atoms with Crippen molar-refractivity contribution in [3.05, 3.63) is 0 Å². The van der Waals surface area contributed by atoms with Crippen LogP contribution in [0.25, 0.3) is 0 Å². The average molecular weight is 316 g/mol. The molecule has 5 nitrogen and oxygen atoms in total. The van der Waals surface area contributed by atoms with Crippen LogP contribution in [0.15, 0.2) is 0 Å². The van der Waals surface area contributed by atoms with Gasteiger partial charge < -0.3 is 9.84 Å². The Hall–Kier alpha value is -0.620. The quantitative estimate of drug-likeness (QED) is 0.812. The van der Waals surface area contributed by atoms with Crippen LogP contribution < -0.4 is 0 Å². The molecule has 21 heavy (non-hydrogen) atoms. The molecule has 0 amide bonds. The number of hydrogen-bond acceptors (Lipinski definition) is 4. The summed E-state index contributed by atoms with van der Waals surface area (Å²) in [4.78, 5) is 10.8. The van der Waals surface area contributed by atoms with Gasteiger partial charge in [-0.3, -0.25) is 4.79 Å². The van der Waals surface area contributed by atoms with Crippen molar-refractivity contribution in [1.29, 1.82) is 0 Å². The van der Waals surface area contributed by atoms with Gasteiger partial charge in [0.2, 0.25) is 0 Å². The summed E-state index contributed by atoms with van der Waals surface area (Å²) in [5.41, 5.74) is -0.535. The van der Waals surface area contributed by atoms with Crippen LogP contribution in [0.1, 0.15) is 57.8 Å². The first-order chi connectivity index (χ1) is 9.82. The largest absolute Gasteiger partial charge is 0.481 e. The second-order valence-electron chi connectivity index (χ2n) is 7.29. The zero-order chi connectivity index (χ0) is 15.1. The second kappa shape index (κ2) is 5.23. The third kappa shape index (κ3) is 3.59. The van der Waals surface area contributed by atoms with Crippen molar-refractivity contribution < 1.29 is 23.1 Å². The average Bonchev–Trinajstić information content (AvgIpc) is 2.81. The first-order valence-corrected chi connectivity index (χ1v) is 9.74. The number of hydrogen-bond donors (Lipinski definition) is 1. The lowest BCUT2D eigenvalue weighted by molar-refractivity contribution is -0.138. The highest BCUT2D eigenvalue weighted by molar-refractivity contribution is 7.91. The highest BCUT2D eigenvalue weighted by Gasteiger charge is 2.49. The fourth-order valence-corrected chi connectivity index (χ4v) is 6.32. The summed E-state index contributed by atoms with van der Waals surface area (Å²) in [6.07, 6.45) is 7.51. The van der Waals surface area contributed by atoms with Crippen LogP contribution in [0.5, 0.6) is 0 Å². The molecular weight excluding hydrogens is 292 g/mol. The van der Waals surface area contributed by atoms with Crippen molar-refractivity contribution >= 4 is 15.8 Å². The Morgan fingerprint density at radius 2 is 1.81 bits per heavy atom. The number of sulfone groups is 1. The number of ether oxygens (including phenoxy) is 1. The normalized spacial score (nSPS) is 29.8. The minimum absolute atomic E-state index is 0.0131. The van der Waals surface area contributed by atoms with Crippen molar-refractivity contribution in [3.8, 4) is 0 Å². The smallest absolute Gasteiger partial charge is 0.303 e. The Balaban J connectivity index is 1.56. The summed E-state index contributed by atoms with van der Waals surface area (Å²) in [6.45, 7) is 0. The summed E-state index contributed by atoms with van der Waals surface area (Å²) in [6, 6.07) is 0. The fraction of sp³-hybridized carbons (Fsp3) is 0.933. The van der Waals surface area contributed by atoms with Crippen LogP contribution in [0, 0.1) is 5.41 Å². The molecule has 1 spiro atoms. The zero-order valence-corrected chi connectivity index (χ0v) is 13.2. The van der Waals surface area contributed by atoms with Crippen LogP contribution in [0.2, 0.25) is 0 Å². The van der Waals surface area contributed by atoms with E-state index in [1.807, 2.05) is 0 Å². The molecule has 3 fully saturated rings. The summed E-state index contributed by atoms with van der Waals surface area (Å²) in [7, 11) is -3.24. The molecule has 0 aromatic heterocycles. The fourth-order valence-electron chi connectivity index (χ4n) is 4.08. The number of carboxylic acids is 1. The molecule has 6 heteroatoms. The van der Waals surface area contributed by atoms with Gasteiger partial charge in [0.1, 0.15) is 0 Å². The molecule has 1 saturated heterocycles. The van der Waals surface area contributed by atoms with Crippen LogP contribution in [0.3, 0.4) is 0 Å². The molecule has 1 atom stereocenters. The minimum Gasteiger partial charge on any atom is -0.481 e. The Labute approximate surface area is 126 Å². The first kappa shape index (κ1) is 15.3. The minimum atomic E-state index is -3.24. The van der Waals surface area contributed by atoms with Crippen LogP contribution in [-0.2, 0) is 19.4 Å². The van der Waals surface area contributed by atoms with E-state index >= 15 is 0 Å². The van der Waals surface area contributed by atoms with Gasteiger partial charge in [0.15, 0.2) is 9.84 Å². The van der Waals surface area contributed by atoms with Crippen molar-refractivity contribution in [2.24, 2.45) is 5.41 Å². The molecule has 1 N–H and O–H groups in total. The maximum atomic E-state index is 12.4. The van der Waals surface area contributed by atoms with Gasteiger partial charge in [-0.05, 0) is 43.9 Å². The predicted molar refractivity (Wildman–Crippen MR) is 77.9 cm³/mol. The van der Waals surface area contributed by atoms with E-state index in [2.05, 4.69) is 0 Å². The zero-order valence-electron chi connectivity index (χ0n) is 12.3. The molecule has 0 aromatic carbocycles. The highest BCUT2D eigenvalue weighted by Crippen LogP contribution is 2.50. The van der Waals surface area contributed by atoms with Crippen molar-refractivity contribution in [2.45, 2.75) is 69.5 Å². The summed E-state index contributed by atoms with van der Waals surface area (Å²) < 4.78 is 30.8. The Bertz CT molecular complexity index is 514. The molecule has 0 radical (unpaired) electrons. The number of carboxylic acid groups (broad SMARTS) is 1. The van der Waals surface area contributed by atoms with Gasteiger partial charge >= 0.3 is 5.97 Å². The SMILES string of the molecule is O=C(O)CC1(CS(=O)(=O)CC2CCC3(CCCC3)O2)CC1. The lowest BCUT2D eigenvalue weighted by atomic mass is 9.98. The van der Waals surface area contributed by atoms with Gasteiger partial charge in [-0.2, -0.15) is 0 Å². The van der Waals surface area contributed by atoms with E-state index in [1.165, 1.54) is 12.8 Å². The molecule has 0 bridgehead atoms. The van der Waals surface area contributed by atoms with Crippen LogP contribution in [-0.4, -0.2) is 42.7 Å². The molecule has 0 aromatic rings. The highest BCUT2D eigenvalue weighted by atomic mass is 32.2. The van der Waals surface area contributed by atoms with Gasteiger partial charge in [0.25, 0.3) is 0 Å². The van der Waals surface area contributed by atoms with E-state index in [-0.39, 0.29) is 29.6 Å². The van der Waals surface area contributed by atoms with Crippen LogP contribution in [0.4, 0.5) is 0 Å². The monoisotopic (exact) mass is 316 g/mol. The molecule has 2 aliphatic carbocycles. The summed E-state index contributed by atoms with van der Waals surface area (Å²) >= 11 is 0. The van der Waals surface area contributed by atoms with Crippen molar-refractivity contribution in [3.63, 3.8) is 0 Å². The Morgan fingerprint density at radius 1 is 1.14 bits per heavy atom. The van der Waals surface area contributed by atoms with E-state index < -0.39 is 21.2 Å². The molecule has 120 valence electrons. The molecule has 3 aliphatic rings. The molecule has 1 heterocycles. The summed E-state index contributed by atoms with van der Waals surface area (Å²) in [5.74, 6) is -0.820. The standard InChI is InChI=1S/C15H24O5S/c16-13(17)9-14(7-8-14)11-21(18,19)10-12-3-6-15(20-12)4-1-2-5-15/h12H,1-11H2,(H,16,17). The van der Waals surface area contributed by atoms with Crippen molar-refractivity contribution in [2.75, 3.05) is 11.5 Å². The van der Waals surface area contributed by atoms with Gasteiger partial charge in [0.05, 0.1) is 29.6 Å². The third-order valence-electron chi connectivity index (χ3n) is 5.30. The van der Waals surface area contributed by atoms with E-state index in [0.717, 1.165) is 25.7 Å². The van der Waals surface area contributed by atoms with E-state index in [0.29, 0.717) is 12.8 Å². The molecule has 3 rings (SSSR count). The molecule has 1 aliphatic heterocycles. The van der Waals surface area contributed by atoms with E-state index in [4.69, 9.17) is 9.84 Å². The predicted octanol–water partition coefficient (Wildman–Crippen LogP) is 2.15. The maximum absolute atomic E-state index is 12.4. The summed E-state index contributed by atoms with van der Waals surface area (Å²) in [5, 5.41) is 8.89. The molecule has 1 unspecified atom stereocenters. The Kier molecular flexibility index (Phi) is 3.81. The van der Waals surface area contributed by atoms with E-state index in [1.54, 1.807) is 0 Å². The number of carbonyl (C=O) groups is 1. The van der Waals surface area contributed by atoms with Gasteiger partial charge in [-0.15, -0.1) is 0 Å². The van der Waals surface area contributed by atoms with Gasteiger partial charge in [-0.25, -0.2) is 8.42 Å². The topological polar surface area (TPSA) is 80.7 Å². The number of aliphatic carboxylic acids is 1. The first-order valence-electron chi connectivity index (χ1n) is 7.92. The Morgan fingerprint density at radius 3 is 2.38 bits per heavy atom. The van der Waals surface area contributed by atoms with E-state index in [9.17, 15) is 13.2 Å². The lowest BCUT2D eigenvalue weighted by Crippen LogP contribution is -2.31. The van der Waals surface area contributed by atoms with Crippen LogP contribution >= 0.6 is 0 Å². The number of rotatable bonds is 6. The lowest BCUT2D eigenvalue weighted by Gasteiger charge is -2.24. The second-order valence-corrected chi connectivity index (χ2v) is 9.40.